The SMILES string of the molecule is CC(C)c1cncc(B2OC(C)(C)C(C)(C)O2)c1N. The molecule has 0 radical (unpaired) electrons. The van der Waals surface area contributed by atoms with Crippen LogP contribution < -0.4 is 11.2 Å². The van der Waals surface area contributed by atoms with Gasteiger partial charge < -0.3 is 15.0 Å². The normalized spacial score (nSPS) is 21.1. The highest BCUT2D eigenvalue weighted by Crippen LogP contribution is 2.37. The van der Waals surface area contributed by atoms with Crippen LogP contribution in [0.4, 0.5) is 5.69 Å². The molecule has 2 heterocycles. The minimum absolute atomic E-state index is 0.329. The standard InChI is InChI=1S/C14H23BN2O2/c1-9(2)10-7-17-8-11(12(10)16)15-18-13(3,4)14(5,6)19-15/h7-9H,1-6H3,(H2,16,17). The molecule has 2 N–H and O–H groups in total. The highest BCUT2D eigenvalue weighted by atomic mass is 16.7. The van der Waals surface area contributed by atoms with E-state index in [1.807, 2.05) is 33.9 Å². The summed E-state index contributed by atoms with van der Waals surface area (Å²) in [6.45, 7) is 12.3. The first-order chi connectivity index (χ1) is 8.66. The average Bonchev–Trinajstić information content (AvgIpc) is 2.47. The summed E-state index contributed by atoms with van der Waals surface area (Å²) < 4.78 is 12.0. The molecule has 5 heteroatoms. The largest absolute Gasteiger partial charge is 0.498 e. The first kappa shape index (κ1) is 14.3. The highest BCUT2D eigenvalue weighted by Gasteiger charge is 2.52. The van der Waals surface area contributed by atoms with Gasteiger partial charge in [0.2, 0.25) is 0 Å². The van der Waals surface area contributed by atoms with Crippen molar-refractivity contribution in [3.8, 4) is 0 Å². The van der Waals surface area contributed by atoms with Crippen molar-refractivity contribution in [2.45, 2.75) is 58.7 Å². The minimum Gasteiger partial charge on any atom is -0.399 e. The van der Waals surface area contributed by atoms with Gasteiger partial charge in [-0.1, -0.05) is 13.8 Å². The van der Waals surface area contributed by atoms with E-state index in [0.717, 1.165) is 16.7 Å². The van der Waals surface area contributed by atoms with E-state index in [4.69, 9.17) is 15.0 Å². The minimum atomic E-state index is -0.448. The molecule has 1 aromatic rings. The number of anilines is 1. The van der Waals surface area contributed by atoms with Crippen LogP contribution in [-0.4, -0.2) is 23.3 Å². The Morgan fingerprint density at radius 1 is 1.11 bits per heavy atom. The lowest BCUT2D eigenvalue weighted by Crippen LogP contribution is -2.41. The monoisotopic (exact) mass is 262 g/mol. The lowest BCUT2D eigenvalue weighted by Gasteiger charge is -2.32. The Morgan fingerprint density at radius 2 is 1.63 bits per heavy atom. The van der Waals surface area contributed by atoms with Crippen LogP contribution >= 0.6 is 0 Å². The topological polar surface area (TPSA) is 57.4 Å². The Morgan fingerprint density at radius 3 is 2.11 bits per heavy atom. The van der Waals surface area contributed by atoms with E-state index in [1.54, 1.807) is 6.20 Å². The summed E-state index contributed by atoms with van der Waals surface area (Å²) >= 11 is 0. The van der Waals surface area contributed by atoms with Crippen molar-refractivity contribution in [2.75, 3.05) is 5.73 Å². The van der Waals surface area contributed by atoms with Crippen LogP contribution in [0.2, 0.25) is 0 Å². The van der Waals surface area contributed by atoms with Crippen LogP contribution in [0.3, 0.4) is 0 Å². The molecule has 0 atom stereocenters. The zero-order valence-corrected chi connectivity index (χ0v) is 12.7. The number of nitrogens with two attached hydrogens (primary N) is 1. The van der Waals surface area contributed by atoms with E-state index in [1.165, 1.54) is 0 Å². The number of pyridine rings is 1. The van der Waals surface area contributed by atoms with Crippen LogP contribution in [0.15, 0.2) is 12.4 Å². The Bertz CT molecular complexity index is 470. The summed E-state index contributed by atoms with van der Waals surface area (Å²) in [4.78, 5) is 4.27. The van der Waals surface area contributed by atoms with E-state index in [2.05, 4.69) is 18.8 Å². The number of nitrogens with zero attached hydrogens (tertiary/aromatic N) is 1. The van der Waals surface area contributed by atoms with E-state index in [0.29, 0.717) is 5.92 Å². The summed E-state index contributed by atoms with van der Waals surface area (Å²) in [7, 11) is -0.448. The zero-order chi connectivity index (χ0) is 14.4. The third-order valence-corrected chi connectivity index (χ3v) is 4.18. The predicted molar refractivity (Wildman–Crippen MR) is 78.5 cm³/mol. The second-order valence-corrected chi connectivity index (χ2v) is 6.47. The van der Waals surface area contributed by atoms with Gasteiger partial charge in [-0.15, -0.1) is 0 Å². The van der Waals surface area contributed by atoms with Crippen molar-refractivity contribution < 1.29 is 9.31 Å². The van der Waals surface area contributed by atoms with Crippen molar-refractivity contribution in [1.82, 2.24) is 4.98 Å². The van der Waals surface area contributed by atoms with Gasteiger partial charge in [-0.2, -0.15) is 0 Å². The third-order valence-electron chi connectivity index (χ3n) is 4.18. The van der Waals surface area contributed by atoms with Gasteiger partial charge in [0, 0.05) is 23.5 Å². The maximum atomic E-state index is 6.24. The average molecular weight is 262 g/mol. The van der Waals surface area contributed by atoms with Gasteiger partial charge in [0.25, 0.3) is 0 Å². The number of aromatic nitrogens is 1. The zero-order valence-electron chi connectivity index (χ0n) is 12.7. The molecule has 1 saturated heterocycles. The molecule has 0 amide bonds. The maximum Gasteiger partial charge on any atom is 0.498 e. The van der Waals surface area contributed by atoms with Crippen LogP contribution in [0.25, 0.3) is 0 Å². The molecule has 2 rings (SSSR count). The predicted octanol–water partition coefficient (Wildman–Crippen LogP) is 2.09. The molecule has 0 unspecified atom stereocenters. The number of hydrogen-bond donors (Lipinski definition) is 1. The molecule has 0 saturated carbocycles. The molecule has 1 aromatic heterocycles. The molecule has 0 aromatic carbocycles. The number of nitrogen functional groups attached to an aromatic ring is 1. The molecule has 1 aliphatic rings. The first-order valence-electron chi connectivity index (χ1n) is 6.74. The Labute approximate surface area is 115 Å². The molecule has 0 spiro atoms. The van der Waals surface area contributed by atoms with Gasteiger partial charge in [-0.3, -0.25) is 4.98 Å². The molecule has 0 aliphatic carbocycles. The molecule has 1 aliphatic heterocycles. The highest BCUT2D eigenvalue weighted by molar-refractivity contribution is 6.63. The summed E-state index contributed by atoms with van der Waals surface area (Å²) in [5.74, 6) is 0.329. The van der Waals surface area contributed by atoms with Gasteiger partial charge in [-0.25, -0.2) is 0 Å². The van der Waals surface area contributed by atoms with Gasteiger partial charge in [0.05, 0.1) is 11.2 Å². The van der Waals surface area contributed by atoms with Crippen molar-refractivity contribution in [1.29, 1.82) is 0 Å². The van der Waals surface area contributed by atoms with Crippen molar-refractivity contribution >= 4 is 18.3 Å². The molecule has 4 nitrogen and oxygen atoms in total. The lowest BCUT2D eigenvalue weighted by atomic mass is 9.77. The Kier molecular flexibility index (Phi) is 3.39. The molecule has 104 valence electrons. The molecule has 19 heavy (non-hydrogen) atoms. The summed E-state index contributed by atoms with van der Waals surface area (Å²) in [5, 5.41) is 0. The quantitative estimate of drug-likeness (QED) is 0.829. The van der Waals surface area contributed by atoms with E-state index in [9.17, 15) is 0 Å². The maximum absolute atomic E-state index is 6.24. The van der Waals surface area contributed by atoms with E-state index >= 15 is 0 Å². The fraction of sp³-hybridized carbons (Fsp3) is 0.643. The van der Waals surface area contributed by atoms with Crippen molar-refractivity contribution in [3.05, 3.63) is 18.0 Å². The summed E-state index contributed by atoms with van der Waals surface area (Å²) in [5.41, 5.74) is 8.10. The second-order valence-electron chi connectivity index (χ2n) is 6.47. The Balaban J connectivity index is 2.38. The smallest absolute Gasteiger partial charge is 0.399 e. The van der Waals surface area contributed by atoms with Gasteiger partial charge in [0.1, 0.15) is 0 Å². The molecule has 1 fully saturated rings. The molecule has 0 bridgehead atoms. The lowest BCUT2D eigenvalue weighted by molar-refractivity contribution is 0.00578. The fourth-order valence-corrected chi connectivity index (χ4v) is 2.12. The third kappa shape index (κ3) is 2.37. The second kappa shape index (κ2) is 4.49. The Hall–Kier alpha value is -1.07. The van der Waals surface area contributed by atoms with Crippen LogP contribution in [0.1, 0.15) is 53.0 Å². The van der Waals surface area contributed by atoms with Crippen LogP contribution in [-0.2, 0) is 9.31 Å². The summed E-state index contributed by atoms with van der Waals surface area (Å²) in [6.07, 6.45) is 3.55. The number of hydrogen-bond acceptors (Lipinski definition) is 4. The van der Waals surface area contributed by atoms with E-state index < -0.39 is 7.12 Å². The van der Waals surface area contributed by atoms with Gasteiger partial charge >= 0.3 is 7.12 Å². The van der Waals surface area contributed by atoms with Gasteiger partial charge in [0.15, 0.2) is 0 Å². The van der Waals surface area contributed by atoms with Crippen LogP contribution in [0, 0.1) is 0 Å². The fourth-order valence-electron chi connectivity index (χ4n) is 2.12. The molecular formula is C14H23BN2O2. The molecular weight excluding hydrogens is 239 g/mol. The van der Waals surface area contributed by atoms with Crippen molar-refractivity contribution in [2.24, 2.45) is 0 Å². The van der Waals surface area contributed by atoms with Gasteiger partial charge in [-0.05, 0) is 39.2 Å². The van der Waals surface area contributed by atoms with Crippen LogP contribution in [0.5, 0.6) is 0 Å². The van der Waals surface area contributed by atoms with Crippen molar-refractivity contribution in [3.63, 3.8) is 0 Å². The number of rotatable bonds is 2. The first-order valence-corrected chi connectivity index (χ1v) is 6.74. The van der Waals surface area contributed by atoms with E-state index in [-0.39, 0.29) is 11.2 Å². The summed E-state index contributed by atoms with van der Waals surface area (Å²) in [6, 6.07) is 0.